The van der Waals surface area contributed by atoms with Gasteiger partial charge in [-0.1, -0.05) is 0 Å². The molecule has 0 radical (unpaired) electrons. The Balaban J connectivity index is 2.99. The second-order valence-electron chi connectivity index (χ2n) is 2.67. The number of hydrogen-bond acceptors (Lipinski definition) is 4. The van der Waals surface area contributed by atoms with Crippen molar-refractivity contribution in [2.45, 2.75) is 13.8 Å². The van der Waals surface area contributed by atoms with Gasteiger partial charge < -0.3 is 10.5 Å². The van der Waals surface area contributed by atoms with Gasteiger partial charge in [0, 0.05) is 6.20 Å². The van der Waals surface area contributed by atoms with Gasteiger partial charge in [-0.25, -0.2) is 9.78 Å². The zero-order chi connectivity index (χ0) is 9.84. The number of pyridine rings is 1. The Morgan fingerprint density at radius 1 is 1.69 bits per heavy atom. The minimum absolute atomic E-state index is 0.212. The molecule has 70 valence electrons. The fourth-order valence-electron chi connectivity index (χ4n) is 0.952. The first-order chi connectivity index (χ1) is 6.15. The average Bonchev–Trinajstić information content (AvgIpc) is 2.09. The van der Waals surface area contributed by atoms with Crippen LogP contribution in [0.4, 0.5) is 5.82 Å². The van der Waals surface area contributed by atoms with E-state index >= 15 is 0 Å². The molecule has 0 saturated carbocycles. The number of carbonyl (C=O) groups excluding carboxylic acids is 1. The van der Waals surface area contributed by atoms with E-state index in [1.165, 1.54) is 0 Å². The van der Waals surface area contributed by atoms with Crippen LogP contribution in [0.25, 0.3) is 0 Å². The molecule has 0 fully saturated rings. The van der Waals surface area contributed by atoms with Gasteiger partial charge in [-0.15, -0.1) is 0 Å². The maximum absolute atomic E-state index is 11.3. The van der Waals surface area contributed by atoms with Gasteiger partial charge in [0.1, 0.15) is 11.4 Å². The minimum atomic E-state index is -0.420. The van der Waals surface area contributed by atoms with Crippen molar-refractivity contribution in [3.8, 4) is 0 Å². The zero-order valence-corrected chi connectivity index (χ0v) is 7.70. The van der Waals surface area contributed by atoms with E-state index in [4.69, 9.17) is 10.5 Å². The predicted octanol–water partition coefficient (Wildman–Crippen LogP) is 1.15. The quantitative estimate of drug-likeness (QED) is 0.693. The first-order valence-electron chi connectivity index (χ1n) is 4.04. The molecule has 0 spiro atoms. The van der Waals surface area contributed by atoms with Crippen LogP contribution in [-0.2, 0) is 4.74 Å². The minimum Gasteiger partial charge on any atom is -0.462 e. The van der Waals surface area contributed by atoms with Crippen molar-refractivity contribution >= 4 is 11.8 Å². The van der Waals surface area contributed by atoms with E-state index in [0.717, 1.165) is 5.56 Å². The number of nitrogens with two attached hydrogens (primary N) is 1. The van der Waals surface area contributed by atoms with Crippen molar-refractivity contribution in [1.29, 1.82) is 0 Å². The lowest BCUT2D eigenvalue weighted by Crippen LogP contribution is -2.09. The van der Waals surface area contributed by atoms with Crippen LogP contribution in [0.3, 0.4) is 0 Å². The van der Waals surface area contributed by atoms with E-state index in [0.29, 0.717) is 12.2 Å². The number of esters is 1. The zero-order valence-electron chi connectivity index (χ0n) is 7.70. The van der Waals surface area contributed by atoms with Crippen LogP contribution in [0.5, 0.6) is 0 Å². The maximum atomic E-state index is 11.3. The van der Waals surface area contributed by atoms with Gasteiger partial charge in [-0.05, 0) is 25.5 Å². The first kappa shape index (κ1) is 9.51. The van der Waals surface area contributed by atoms with Crippen LogP contribution in [0.15, 0.2) is 12.3 Å². The van der Waals surface area contributed by atoms with Crippen LogP contribution in [0.1, 0.15) is 22.8 Å². The molecule has 1 rings (SSSR count). The molecule has 1 aromatic heterocycles. The molecule has 0 aliphatic carbocycles. The maximum Gasteiger partial charge on any atom is 0.341 e. The summed E-state index contributed by atoms with van der Waals surface area (Å²) in [6.45, 7) is 3.93. The fourth-order valence-corrected chi connectivity index (χ4v) is 0.952. The lowest BCUT2D eigenvalue weighted by Gasteiger charge is -2.04. The highest BCUT2D eigenvalue weighted by molar-refractivity contribution is 5.94. The third kappa shape index (κ3) is 2.18. The van der Waals surface area contributed by atoms with Crippen LogP contribution in [0.2, 0.25) is 0 Å². The lowest BCUT2D eigenvalue weighted by molar-refractivity contribution is 0.0527. The van der Waals surface area contributed by atoms with Crippen molar-refractivity contribution in [1.82, 2.24) is 4.98 Å². The summed E-state index contributed by atoms with van der Waals surface area (Å²) in [5.74, 6) is -0.208. The Hall–Kier alpha value is -1.58. The molecule has 0 aromatic carbocycles. The van der Waals surface area contributed by atoms with Crippen molar-refractivity contribution in [3.63, 3.8) is 0 Å². The fraction of sp³-hybridized carbons (Fsp3) is 0.333. The summed E-state index contributed by atoms with van der Waals surface area (Å²) in [7, 11) is 0. The molecule has 4 heteroatoms. The van der Waals surface area contributed by atoms with Gasteiger partial charge in [0.05, 0.1) is 6.61 Å². The summed E-state index contributed by atoms with van der Waals surface area (Å²) < 4.78 is 4.80. The number of hydrogen-bond donors (Lipinski definition) is 1. The molecule has 1 aromatic rings. The van der Waals surface area contributed by atoms with E-state index in [-0.39, 0.29) is 5.82 Å². The van der Waals surface area contributed by atoms with Crippen LogP contribution < -0.4 is 5.73 Å². The molecule has 1 heterocycles. The van der Waals surface area contributed by atoms with Gasteiger partial charge in [-0.2, -0.15) is 0 Å². The molecule has 0 aliphatic rings. The third-order valence-corrected chi connectivity index (χ3v) is 1.55. The Bertz CT molecular complexity index is 323. The number of carbonyl (C=O) groups is 1. The SMILES string of the molecule is CCOC(=O)c1cc(C)cnc1N. The summed E-state index contributed by atoms with van der Waals surface area (Å²) in [5.41, 5.74) is 6.73. The molecular formula is C9H12N2O2. The summed E-state index contributed by atoms with van der Waals surface area (Å²) in [6.07, 6.45) is 1.61. The number of rotatable bonds is 2. The topological polar surface area (TPSA) is 65.2 Å². The van der Waals surface area contributed by atoms with Gasteiger partial charge >= 0.3 is 5.97 Å². The Morgan fingerprint density at radius 3 is 3.00 bits per heavy atom. The van der Waals surface area contributed by atoms with E-state index in [9.17, 15) is 4.79 Å². The summed E-state index contributed by atoms with van der Waals surface area (Å²) in [6, 6.07) is 1.67. The van der Waals surface area contributed by atoms with Gasteiger partial charge in [0.2, 0.25) is 0 Å². The number of ether oxygens (including phenoxy) is 1. The number of nitrogen functional groups attached to an aromatic ring is 1. The molecule has 0 unspecified atom stereocenters. The predicted molar refractivity (Wildman–Crippen MR) is 49.3 cm³/mol. The van der Waals surface area contributed by atoms with Crippen molar-refractivity contribution < 1.29 is 9.53 Å². The summed E-state index contributed by atoms with van der Waals surface area (Å²) >= 11 is 0. The van der Waals surface area contributed by atoms with Gasteiger partial charge in [0.25, 0.3) is 0 Å². The standard InChI is InChI=1S/C9H12N2O2/c1-3-13-9(12)7-4-6(2)5-11-8(7)10/h4-5H,3H2,1-2H3,(H2,10,11). The molecule has 0 atom stereocenters. The highest BCUT2D eigenvalue weighted by Crippen LogP contribution is 2.11. The third-order valence-electron chi connectivity index (χ3n) is 1.55. The summed E-state index contributed by atoms with van der Waals surface area (Å²) in [5, 5.41) is 0. The van der Waals surface area contributed by atoms with Gasteiger partial charge in [-0.3, -0.25) is 0 Å². The van der Waals surface area contributed by atoms with Crippen molar-refractivity contribution in [2.75, 3.05) is 12.3 Å². The Labute approximate surface area is 76.7 Å². The monoisotopic (exact) mass is 180 g/mol. The normalized spacial score (nSPS) is 9.69. The van der Waals surface area contributed by atoms with Crippen molar-refractivity contribution in [2.24, 2.45) is 0 Å². The molecule has 0 bridgehead atoms. The number of aryl methyl sites for hydroxylation is 1. The largest absolute Gasteiger partial charge is 0.462 e. The first-order valence-corrected chi connectivity index (χ1v) is 4.04. The molecule has 4 nitrogen and oxygen atoms in total. The van der Waals surface area contributed by atoms with E-state index in [2.05, 4.69) is 4.98 Å². The van der Waals surface area contributed by atoms with Gasteiger partial charge in [0.15, 0.2) is 0 Å². The second kappa shape index (κ2) is 3.89. The average molecular weight is 180 g/mol. The Morgan fingerprint density at radius 2 is 2.38 bits per heavy atom. The Kier molecular flexibility index (Phi) is 2.84. The molecule has 13 heavy (non-hydrogen) atoms. The molecule has 0 amide bonds. The van der Waals surface area contributed by atoms with Crippen molar-refractivity contribution in [3.05, 3.63) is 23.4 Å². The summed E-state index contributed by atoms with van der Waals surface area (Å²) in [4.78, 5) is 15.1. The lowest BCUT2D eigenvalue weighted by atomic mass is 10.2. The second-order valence-corrected chi connectivity index (χ2v) is 2.67. The number of anilines is 1. The van der Waals surface area contributed by atoms with Crippen LogP contribution in [-0.4, -0.2) is 17.6 Å². The van der Waals surface area contributed by atoms with E-state index in [1.54, 1.807) is 19.2 Å². The van der Waals surface area contributed by atoms with E-state index in [1.807, 2.05) is 6.92 Å². The molecule has 0 aliphatic heterocycles. The van der Waals surface area contributed by atoms with Crippen LogP contribution in [0, 0.1) is 6.92 Å². The van der Waals surface area contributed by atoms with Crippen LogP contribution >= 0.6 is 0 Å². The van der Waals surface area contributed by atoms with E-state index < -0.39 is 5.97 Å². The molecular weight excluding hydrogens is 168 g/mol. The smallest absolute Gasteiger partial charge is 0.341 e. The molecule has 2 N–H and O–H groups in total. The number of aromatic nitrogens is 1. The highest BCUT2D eigenvalue weighted by Gasteiger charge is 2.11. The highest BCUT2D eigenvalue weighted by atomic mass is 16.5. The molecule has 0 saturated heterocycles. The number of nitrogens with zero attached hydrogens (tertiary/aromatic N) is 1.